The average Bonchev–Trinajstić information content (AvgIpc) is 2.62. The van der Waals surface area contributed by atoms with Crippen LogP contribution < -0.4 is 4.74 Å². The molecule has 1 fully saturated rings. The molecular formula is C18H18BrNO3. The first-order valence-electron chi connectivity index (χ1n) is 7.55. The highest BCUT2D eigenvalue weighted by Crippen LogP contribution is 2.22. The zero-order valence-electron chi connectivity index (χ0n) is 12.7. The third kappa shape index (κ3) is 4.33. The Morgan fingerprint density at radius 3 is 2.65 bits per heavy atom. The van der Waals surface area contributed by atoms with Gasteiger partial charge in [0.05, 0.1) is 13.2 Å². The van der Waals surface area contributed by atoms with Crippen molar-refractivity contribution in [1.29, 1.82) is 0 Å². The van der Waals surface area contributed by atoms with Crippen LogP contribution in [0.15, 0.2) is 59.1 Å². The van der Waals surface area contributed by atoms with Gasteiger partial charge in [-0.25, -0.2) is 0 Å². The second-order valence-electron chi connectivity index (χ2n) is 5.35. The van der Waals surface area contributed by atoms with Gasteiger partial charge in [0.1, 0.15) is 11.9 Å². The SMILES string of the molecule is O=C(COc1ccc(Br)cc1)N1CCOC(c2ccccc2)C1. The molecule has 4 nitrogen and oxygen atoms in total. The van der Waals surface area contributed by atoms with Gasteiger partial charge in [-0.2, -0.15) is 0 Å². The van der Waals surface area contributed by atoms with Crippen molar-refractivity contribution in [3.63, 3.8) is 0 Å². The van der Waals surface area contributed by atoms with Crippen molar-refractivity contribution < 1.29 is 14.3 Å². The summed E-state index contributed by atoms with van der Waals surface area (Å²) in [5.41, 5.74) is 1.10. The Hall–Kier alpha value is -1.85. The van der Waals surface area contributed by atoms with Gasteiger partial charge in [0, 0.05) is 11.0 Å². The molecule has 0 saturated carbocycles. The molecule has 1 aliphatic heterocycles. The van der Waals surface area contributed by atoms with Crippen molar-refractivity contribution in [3.8, 4) is 5.75 Å². The van der Waals surface area contributed by atoms with E-state index in [4.69, 9.17) is 9.47 Å². The molecule has 23 heavy (non-hydrogen) atoms. The summed E-state index contributed by atoms with van der Waals surface area (Å²) in [6, 6.07) is 17.4. The fourth-order valence-electron chi connectivity index (χ4n) is 2.51. The van der Waals surface area contributed by atoms with Gasteiger partial charge in [-0.15, -0.1) is 0 Å². The van der Waals surface area contributed by atoms with Crippen LogP contribution >= 0.6 is 15.9 Å². The minimum atomic E-state index is -0.0680. The largest absolute Gasteiger partial charge is 0.484 e. The third-order valence-electron chi connectivity index (χ3n) is 3.77. The van der Waals surface area contributed by atoms with Gasteiger partial charge in [0.2, 0.25) is 0 Å². The van der Waals surface area contributed by atoms with E-state index in [0.717, 1.165) is 10.0 Å². The van der Waals surface area contributed by atoms with E-state index in [-0.39, 0.29) is 18.6 Å². The molecule has 2 aromatic rings. The van der Waals surface area contributed by atoms with Crippen molar-refractivity contribution in [3.05, 3.63) is 64.6 Å². The van der Waals surface area contributed by atoms with E-state index < -0.39 is 0 Å². The highest BCUT2D eigenvalue weighted by molar-refractivity contribution is 9.10. The molecule has 2 aromatic carbocycles. The lowest BCUT2D eigenvalue weighted by molar-refractivity contribution is -0.141. The monoisotopic (exact) mass is 375 g/mol. The summed E-state index contributed by atoms with van der Waals surface area (Å²) in [7, 11) is 0. The van der Waals surface area contributed by atoms with Crippen LogP contribution in [0.1, 0.15) is 11.7 Å². The van der Waals surface area contributed by atoms with E-state index in [1.165, 1.54) is 0 Å². The van der Waals surface area contributed by atoms with Gasteiger partial charge >= 0.3 is 0 Å². The van der Waals surface area contributed by atoms with Crippen molar-refractivity contribution in [1.82, 2.24) is 4.90 Å². The molecule has 1 atom stereocenters. The quantitative estimate of drug-likeness (QED) is 0.821. The molecule has 1 unspecified atom stereocenters. The third-order valence-corrected chi connectivity index (χ3v) is 4.30. The number of halogens is 1. The van der Waals surface area contributed by atoms with Gasteiger partial charge in [-0.1, -0.05) is 46.3 Å². The normalized spacial score (nSPS) is 17.8. The molecule has 0 radical (unpaired) electrons. The summed E-state index contributed by atoms with van der Waals surface area (Å²) in [4.78, 5) is 14.2. The summed E-state index contributed by atoms with van der Waals surface area (Å²) in [5, 5.41) is 0. The molecule has 1 heterocycles. The molecule has 1 aliphatic rings. The van der Waals surface area contributed by atoms with Crippen LogP contribution in [0.2, 0.25) is 0 Å². The van der Waals surface area contributed by atoms with Crippen LogP contribution in [0.4, 0.5) is 0 Å². The molecule has 1 amide bonds. The summed E-state index contributed by atoms with van der Waals surface area (Å²) in [6.45, 7) is 1.76. The van der Waals surface area contributed by atoms with Crippen molar-refractivity contribution in [2.24, 2.45) is 0 Å². The number of carbonyl (C=O) groups is 1. The topological polar surface area (TPSA) is 38.8 Å². The Balaban J connectivity index is 1.55. The number of hydrogen-bond donors (Lipinski definition) is 0. The number of amides is 1. The van der Waals surface area contributed by atoms with Crippen LogP contribution in [-0.2, 0) is 9.53 Å². The maximum atomic E-state index is 12.4. The number of ether oxygens (including phenoxy) is 2. The Kier molecular flexibility index (Phi) is 5.31. The van der Waals surface area contributed by atoms with E-state index in [9.17, 15) is 4.79 Å². The minimum absolute atomic E-state index is 0.0165. The van der Waals surface area contributed by atoms with Gasteiger partial charge in [-0.3, -0.25) is 4.79 Å². The first-order valence-corrected chi connectivity index (χ1v) is 8.34. The highest BCUT2D eigenvalue weighted by atomic mass is 79.9. The average molecular weight is 376 g/mol. The first-order chi connectivity index (χ1) is 11.2. The molecule has 120 valence electrons. The van der Waals surface area contributed by atoms with Gasteiger partial charge in [-0.05, 0) is 29.8 Å². The van der Waals surface area contributed by atoms with Gasteiger partial charge in [0.15, 0.2) is 6.61 Å². The maximum absolute atomic E-state index is 12.4. The summed E-state index contributed by atoms with van der Waals surface area (Å²) in [5.74, 6) is 0.673. The number of nitrogens with zero attached hydrogens (tertiary/aromatic N) is 1. The number of benzene rings is 2. The van der Waals surface area contributed by atoms with Crippen molar-refractivity contribution in [2.45, 2.75) is 6.10 Å². The first kappa shape index (κ1) is 16.0. The van der Waals surface area contributed by atoms with Crippen LogP contribution in [0.3, 0.4) is 0 Å². The predicted molar refractivity (Wildman–Crippen MR) is 91.4 cm³/mol. The van der Waals surface area contributed by atoms with Crippen LogP contribution in [-0.4, -0.2) is 37.1 Å². The van der Waals surface area contributed by atoms with E-state index in [2.05, 4.69) is 15.9 Å². The number of morpholine rings is 1. The lowest BCUT2D eigenvalue weighted by Crippen LogP contribution is -2.44. The van der Waals surface area contributed by atoms with E-state index in [1.54, 1.807) is 4.90 Å². The molecule has 0 spiro atoms. The van der Waals surface area contributed by atoms with Crippen LogP contribution in [0.5, 0.6) is 5.75 Å². The van der Waals surface area contributed by atoms with Crippen LogP contribution in [0, 0.1) is 0 Å². The Morgan fingerprint density at radius 1 is 1.17 bits per heavy atom. The van der Waals surface area contributed by atoms with E-state index in [1.807, 2.05) is 54.6 Å². The van der Waals surface area contributed by atoms with Crippen molar-refractivity contribution >= 4 is 21.8 Å². The Bertz CT molecular complexity index is 645. The maximum Gasteiger partial charge on any atom is 0.260 e. The molecule has 5 heteroatoms. The van der Waals surface area contributed by atoms with Crippen molar-refractivity contribution in [2.75, 3.05) is 26.3 Å². The lowest BCUT2D eigenvalue weighted by atomic mass is 10.1. The van der Waals surface area contributed by atoms with E-state index in [0.29, 0.717) is 25.4 Å². The molecule has 0 aliphatic carbocycles. The van der Waals surface area contributed by atoms with E-state index >= 15 is 0 Å². The molecule has 3 rings (SSSR count). The Labute approximate surface area is 144 Å². The number of hydrogen-bond acceptors (Lipinski definition) is 3. The summed E-state index contributed by atoms with van der Waals surface area (Å²) < 4.78 is 12.3. The fourth-order valence-corrected chi connectivity index (χ4v) is 2.78. The van der Waals surface area contributed by atoms with Gasteiger partial charge in [0.25, 0.3) is 5.91 Å². The zero-order valence-corrected chi connectivity index (χ0v) is 14.2. The lowest BCUT2D eigenvalue weighted by Gasteiger charge is -2.33. The van der Waals surface area contributed by atoms with Crippen LogP contribution in [0.25, 0.3) is 0 Å². The molecule has 1 saturated heterocycles. The zero-order chi connectivity index (χ0) is 16.1. The standard InChI is InChI=1S/C18H18BrNO3/c19-15-6-8-16(9-7-15)23-13-18(21)20-10-11-22-17(12-20)14-4-2-1-3-5-14/h1-9,17H,10-13H2. The van der Waals surface area contributed by atoms with Gasteiger partial charge < -0.3 is 14.4 Å². The number of rotatable bonds is 4. The predicted octanol–water partition coefficient (Wildman–Crippen LogP) is 3.43. The molecular weight excluding hydrogens is 358 g/mol. The summed E-state index contributed by atoms with van der Waals surface area (Å²) >= 11 is 3.37. The fraction of sp³-hybridized carbons (Fsp3) is 0.278. The Morgan fingerprint density at radius 2 is 1.91 bits per heavy atom. The summed E-state index contributed by atoms with van der Waals surface area (Å²) in [6.07, 6.45) is -0.0680. The second-order valence-corrected chi connectivity index (χ2v) is 6.27. The number of carbonyl (C=O) groups excluding carboxylic acids is 1. The smallest absolute Gasteiger partial charge is 0.260 e. The molecule has 0 aromatic heterocycles. The second kappa shape index (κ2) is 7.62. The highest BCUT2D eigenvalue weighted by Gasteiger charge is 2.25. The molecule has 0 N–H and O–H groups in total. The molecule has 0 bridgehead atoms. The minimum Gasteiger partial charge on any atom is -0.484 e.